The topological polar surface area (TPSA) is 126 Å². The van der Waals surface area contributed by atoms with Gasteiger partial charge in [0.25, 0.3) is 5.56 Å². The molecule has 0 amide bonds. The molecule has 3 heterocycles. The molecule has 5 atom stereocenters. The first-order valence-corrected chi connectivity index (χ1v) is 11.8. The van der Waals surface area contributed by atoms with E-state index in [1.165, 1.54) is 12.3 Å². The maximum atomic E-state index is 12.8. The third-order valence-corrected chi connectivity index (χ3v) is 7.45. The Morgan fingerprint density at radius 3 is 2.90 bits per heavy atom. The van der Waals surface area contributed by atoms with E-state index in [0.717, 1.165) is 16.3 Å². The van der Waals surface area contributed by atoms with Crippen LogP contribution in [0.1, 0.15) is 27.0 Å². The number of H-pyrrole nitrogens is 1. The predicted molar refractivity (Wildman–Crippen MR) is 106 cm³/mol. The lowest BCUT2D eigenvalue weighted by Gasteiger charge is -2.34. The van der Waals surface area contributed by atoms with Crippen molar-refractivity contribution in [1.29, 1.82) is 0 Å². The minimum atomic E-state index is -3.92. The number of nitrogens with zero attached hydrogens (tertiary/aromatic N) is 1. The first-order chi connectivity index (χ1) is 13.5. The van der Waals surface area contributed by atoms with Crippen LogP contribution in [-0.4, -0.2) is 50.7 Å². The highest BCUT2D eigenvalue weighted by Gasteiger charge is 2.60. The number of rotatable bonds is 6. The lowest BCUT2D eigenvalue weighted by Crippen LogP contribution is -2.45. The summed E-state index contributed by atoms with van der Waals surface area (Å²) in [6, 6.07) is 1.17. The fraction of sp³-hybridized carbons (Fsp3) is 0.688. The van der Waals surface area contributed by atoms with Crippen molar-refractivity contribution in [3.8, 4) is 0 Å². The van der Waals surface area contributed by atoms with Gasteiger partial charge in [0.1, 0.15) is 17.1 Å². The van der Waals surface area contributed by atoms with Gasteiger partial charge < -0.3 is 4.74 Å². The Morgan fingerprint density at radius 1 is 1.52 bits per heavy atom. The molecule has 1 aromatic rings. The molecular formula is C16H22ClN2O8PS. The number of aromatic nitrogens is 2. The minimum absolute atomic E-state index is 0.00383. The van der Waals surface area contributed by atoms with Gasteiger partial charge in [-0.15, -0.1) is 11.6 Å². The van der Waals surface area contributed by atoms with Crippen LogP contribution in [0.15, 0.2) is 21.9 Å². The molecule has 10 nitrogen and oxygen atoms in total. The first-order valence-electron chi connectivity index (χ1n) is 8.93. The van der Waals surface area contributed by atoms with Gasteiger partial charge in [-0.05, 0) is 6.92 Å². The molecule has 2 saturated heterocycles. The zero-order valence-electron chi connectivity index (χ0n) is 16.0. The van der Waals surface area contributed by atoms with Crippen molar-refractivity contribution < 1.29 is 27.7 Å². The van der Waals surface area contributed by atoms with Crippen LogP contribution in [0.5, 0.6) is 0 Å². The molecule has 13 heteroatoms. The molecule has 0 radical (unpaired) electrons. The van der Waals surface area contributed by atoms with Gasteiger partial charge in [-0.1, -0.05) is 25.6 Å². The molecule has 0 saturated carbocycles. The number of alkyl halides is 1. The lowest BCUT2D eigenvalue weighted by atomic mass is 10.0. The molecule has 0 aromatic carbocycles. The first kappa shape index (κ1) is 22.7. The van der Waals surface area contributed by atoms with E-state index in [9.17, 15) is 18.9 Å². The standard InChI is InChI=1S/C16H22ClN2O8PS/c1-9(2)13(21)29-7-6-24-28(23)25-8-10-12(27-28)16(3,17)14(26-10)19-5-4-11(20)18-15(19)22/h4-5,9-10,12,14H,6-8H2,1-3H3,(H,18,20,22)/t10-,12-,14-,16-,28+/m1/s1. The van der Waals surface area contributed by atoms with Crippen LogP contribution >= 0.6 is 31.2 Å². The molecule has 2 aliphatic rings. The number of halogens is 1. The Hall–Kier alpha value is -0.940. The highest BCUT2D eigenvalue weighted by Crippen LogP contribution is 2.59. The number of hydrogen-bond donors (Lipinski definition) is 1. The van der Waals surface area contributed by atoms with E-state index in [0.29, 0.717) is 5.75 Å². The van der Waals surface area contributed by atoms with E-state index in [-0.39, 0.29) is 24.2 Å². The van der Waals surface area contributed by atoms with Crippen molar-refractivity contribution in [3.63, 3.8) is 0 Å². The second-order valence-electron chi connectivity index (χ2n) is 7.12. The zero-order valence-corrected chi connectivity index (χ0v) is 18.5. The van der Waals surface area contributed by atoms with Crippen molar-refractivity contribution in [3.05, 3.63) is 33.1 Å². The van der Waals surface area contributed by atoms with E-state index >= 15 is 0 Å². The third-order valence-electron chi connectivity index (χ3n) is 4.47. The number of carbonyl (C=O) groups excluding carboxylic acids is 1. The molecule has 162 valence electrons. The van der Waals surface area contributed by atoms with Crippen LogP contribution in [0.2, 0.25) is 0 Å². The second kappa shape index (κ2) is 8.66. The van der Waals surface area contributed by atoms with Crippen molar-refractivity contribution in [2.24, 2.45) is 5.92 Å². The second-order valence-corrected chi connectivity index (χ2v) is 10.7. The maximum absolute atomic E-state index is 12.8. The van der Waals surface area contributed by atoms with E-state index in [1.54, 1.807) is 20.8 Å². The van der Waals surface area contributed by atoms with Gasteiger partial charge in [0, 0.05) is 23.9 Å². The minimum Gasteiger partial charge on any atom is -0.347 e. The molecule has 0 bridgehead atoms. The number of hydrogen-bond acceptors (Lipinski definition) is 9. The number of carbonyl (C=O) groups is 1. The van der Waals surface area contributed by atoms with Gasteiger partial charge in [0.2, 0.25) is 0 Å². The molecule has 3 rings (SSSR count). The summed E-state index contributed by atoms with van der Waals surface area (Å²) in [6.45, 7) is 5.03. The number of ether oxygens (including phenoxy) is 1. The van der Waals surface area contributed by atoms with Crippen LogP contribution in [0.25, 0.3) is 0 Å². The fourth-order valence-corrected chi connectivity index (χ4v) is 5.68. The Morgan fingerprint density at radius 2 is 2.24 bits per heavy atom. The molecule has 0 unspecified atom stereocenters. The van der Waals surface area contributed by atoms with Crippen molar-refractivity contribution in [1.82, 2.24) is 9.55 Å². The number of aromatic amines is 1. The van der Waals surface area contributed by atoms with Crippen LogP contribution in [-0.2, 0) is 27.7 Å². The normalized spacial score (nSPS) is 34.3. The number of thioether (sulfide) groups is 1. The molecule has 2 aliphatic heterocycles. The Kier molecular flexibility index (Phi) is 6.79. The summed E-state index contributed by atoms with van der Waals surface area (Å²) in [5, 5.41) is 0.00383. The van der Waals surface area contributed by atoms with Crippen LogP contribution in [0.4, 0.5) is 0 Å². The Balaban J connectivity index is 1.68. The van der Waals surface area contributed by atoms with Gasteiger partial charge >= 0.3 is 13.5 Å². The highest BCUT2D eigenvalue weighted by atomic mass is 35.5. The monoisotopic (exact) mass is 468 g/mol. The summed E-state index contributed by atoms with van der Waals surface area (Å²) >= 11 is 7.71. The van der Waals surface area contributed by atoms with E-state index in [1.807, 2.05) is 0 Å². The van der Waals surface area contributed by atoms with Crippen molar-refractivity contribution in [2.45, 2.75) is 44.1 Å². The lowest BCUT2D eigenvalue weighted by molar-refractivity contribution is -0.113. The van der Waals surface area contributed by atoms with Crippen LogP contribution < -0.4 is 11.2 Å². The molecule has 1 N–H and O–H groups in total. The maximum Gasteiger partial charge on any atom is 0.475 e. The van der Waals surface area contributed by atoms with E-state index in [2.05, 4.69) is 4.98 Å². The van der Waals surface area contributed by atoms with E-state index in [4.69, 9.17) is 29.9 Å². The fourth-order valence-electron chi connectivity index (χ4n) is 2.98. The van der Waals surface area contributed by atoms with Gasteiger partial charge in [-0.2, -0.15) is 0 Å². The summed E-state index contributed by atoms with van der Waals surface area (Å²) in [4.78, 5) is 35.9. The smallest absolute Gasteiger partial charge is 0.347 e. The Labute approximate surface area is 175 Å². The number of nitrogens with one attached hydrogen (secondary N) is 1. The third kappa shape index (κ3) is 4.87. The number of phosphoric ester groups is 1. The van der Waals surface area contributed by atoms with Gasteiger partial charge in [-0.25, -0.2) is 9.36 Å². The summed E-state index contributed by atoms with van der Waals surface area (Å²) < 4.78 is 35.8. The largest absolute Gasteiger partial charge is 0.475 e. The van der Waals surface area contributed by atoms with Gasteiger partial charge in [0.15, 0.2) is 11.3 Å². The molecule has 29 heavy (non-hydrogen) atoms. The van der Waals surface area contributed by atoms with Crippen LogP contribution in [0.3, 0.4) is 0 Å². The Bertz CT molecular complexity index is 932. The average molecular weight is 469 g/mol. The van der Waals surface area contributed by atoms with Gasteiger partial charge in [0.05, 0.1) is 13.2 Å². The molecule has 0 aliphatic carbocycles. The molecule has 2 fully saturated rings. The molecule has 0 spiro atoms. The van der Waals surface area contributed by atoms with Crippen LogP contribution in [0, 0.1) is 5.92 Å². The molecule has 1 aromatic heterocycles. The predicted octanol–water partition coefficient (Wildman–Crippen LogP) is 1.89. The van der Waals surface area contributed by atoms with Crippen molar-refractivity contribution >= 4 is 36.3 Å². The summed E-state index contributed by atoms with van der Waals surface area (Å²) in [6.07, 6.45) is -1.30. The van der Waals surface area contributed by atoms with E-state index < -0.39 is 42.4 Å². The highest BCUT2D eigenvalue weighted by molar-refractivity contribution is 8.13. The van der Waals surface area contributed by atoms with Gasteiger partial charge in [-0.3, -0.25) is 32.7 Å². The summed E-state index contributed by atoms with van der Waals surface area (Å²) in [5.74, 6) is 0.186. The van der Waals surface area contributed by atoms with Crippen molar-refractivity contribution in [2.75, 3.05) is 19.0 Å². The average Bonchev–Trinajstić information content (AvgIpc) is 2.89. The quantitative estimate of drug-likeness (QED) is 0.378. The SMILES string of the molecule is CC(C)C(=O)SCCO[P@@]1(=O)OC[C@H]2O[C@@H](n3ccc(=O)[nH]c3=O)[C@](C)(Cl)[C@@H]2O1. The summed E-state index contributed by atoms with van der Waals surface area (Å²) in [5.41, 5.74) is -1.25. The summed E-state index contributed by atoms with van der Waals surface area (Å²) in [7, 11) is -3.92. The zero-order chi connectivity index (χ0) is 21.4. The number of fused-ring (bicyclic) bond motifs is 1. The molecular weight excluding hydrogens is 447 g/mol. The number of phosphoric acid groups is 1.